The summed E-state index contributed by atoms with van der Waals surface area (Å²) >= 11 is 5.94. The van der Waals surface area contributed by atoms with E-state index in [9.17, 15) is 14.3 Å². The zero-order valence-corrected chi connectivity index (χ0v) is 11.8. The molecule has 0 aliphatic carbocycles. The van der Waals surface area contributed by atoms with E-state index in [0.29, 0.717) is 5.02 Å². The number of carbonyl (C=O) groups is 1. The molecule has 1 aliphatic rings. The third-order valence-electron chi connectivity index (χ3n) is 3.50. The molecule has 2 aromatic carbocycles. The quantitative estimate of drug-likeness (QED) is 0.928. The third kappa shape index (κ3) is 1.86. The van der Waals surface area contributed by atoms with Crippen LogP contribution >= 0.6 is 11.6 Å². The average Bonchev–Trinajstić information content (AvgIpc) is 2.68. The van der Waals surface area contributed by atoms with Crippen LogP contribution < -0.4 is 0 Å². The number of hydrogen-bond donors (Lipinski definition) is 1. The van der Waals surface area contributed by atoms with Crippen LogP contribution in [0.25, 0.3) is 0 Å². The van der Waals surface area contributed by atoms with Gasteiger partial charge in [0, 0.05) is 16.1 Å². The summed E-state index contributed by atoms with van der Waals surface area (Å²) in [6.07, 6.45) is 0. The highest BCUT2D eigenvalue weighted by atomic mass is 35.5. The van der Waals surface area contributed by atoms with Crippen molar-refractivity contribution in [1.29, 1.82) is 0 Å². The van der Waals surface area contributed by atoms with Gasteiger partial charge in [0.25, 0.3) is 5.91 Å². The Bertz CT molecular complexity index is 737. The van der Waals surface area contributed by atoms with Crippen molar-refractivity contribution in [1.82, 2.24) is 5.06 Å². The van der Waals surface area contributed by atoms with E-state index in [0.717, 1.165) is 5.06 Å². The van der Waals surface area contributed by atoms with Crippen molar-refractivity contribution < 1.29 is 19.1 Å². The van der Waals surface area contributed by atoms with Crippen molar-refractivity contribution >= 4 is 17.5 Å². The number of halogens is 2. The van der Waals surface area contributed by atoms with Gasteiger partial charge in [-0.1, -0.05) is 29.8 Å². The minimum atomic E-state index is -2.06. The van der Waals surface area contributed by atoms with Crippen molar-refractivity contribution in [2.75, 3.05) is 7.11 Å². The molecule has 0 saturated heterocycles. The van der Waals surface area contributed by atoms with Gasteiger partial charge in [0.05, 0.1) is 12.7 Å². The number of rotatable bonds is 2. The Morgan fingerprint density at radius 1 is 1.24 bits per heavy atom. The average molecular weight is 308 g/mol. The summed E-state index contributed by atoms with van der Waals surface area (Å²) in [6, 6.07) is 10.1. The van der Waals surface area contributed by atoms with Crippen LogP contribution in [-0.4, -0.2) is 23.2 Å². The van der Waals surface area contributed by atoms with Gasteiger partial charge in [0.15, 0.2) is 0 Å². The van der Waals surface area contributed by atoms with Crippen molar-refractivity contribution in [3.8, 4) is 0 Å². The lowest BCUT2D eigenvalue weighted by molar-refractivity contribution is -0.224. The number of fused-ring (bicyclic) bond motifs is 1. The standard InChI is InChI=1S/C15H11ClFNO3/c1-21-18-14(19)10-7-6-9(16)8-12(10)15(18,20)11-4-2-3-5-13(11)17/h2-8,20H,1H3. The molecular formula is C15H11ClFNO3. The van der Waals surface area contributed by atoms with Gasteiger partial charge in [0.1, 0.15) is 5.82 Å². The van der Waals surface area contributed by atoms with Crippen molar-refractivity contribution in [3.63, 3.8) is 0 Å². The van der Waals surface area contributed by atoms with Gasteiger partial charge >= 0.3 is 0 Å². The molecule has 0 fully saturated rings. The molecule has 108 valence electrons. The van der Waals surface area contributed by atoms with E-state index in [-0.39, 0.29) is 16.7 Å². The summed E-state index contributed by atoms with van der Waals surface area (Å²) in [5.74, 6) is -1.21. The predicted octanol–water partition coefficient (Wildman–Crippen LogP) is 2.69. The smallest absolute Gasteiger partial charge is 0.281 e. The molecule has 0 saturated carbocycles. The topological polar surface area (TPSA) is 49.8 Å². The highest BCUT2D eigenvalue weighted by Crippen LogP contribution is 2.43. The first-order chi connectivity index (χ1) is 10.00. The Morgan fingerprint density at radius 3 is 2.62 bits per heavy atom. The summed E-state index contributed by atoms with van der Waals surface area (Å²) in [5, 5.41) is 12.1. The molecule has 0 spiro atoms. The Morgan fingerprint density at radius 2 is 1.95 bits per heavy atom. The first-order valence-electron chi connectivity index (χ1n) is 6.16. The molecule has 1 N–H and O–H groups in total. The Balaban J connectivity index is 2.32. The second-order valence-corrected chi connectivity index (χ2v) is 5.06. The zero-order chi connectivity index (χ0) is 15.2. The molecule has 1 unspecified atom stereocenters. The molecule has 1 atom stereocenters. The van der Waals surface area contributed by atoms with Crippen LogP contribution in [0.4, 0.5) is 4.39 Å². The number of benzene rings is 2. The Kier molecular flexibility index (Phi) is 3.20. The molecular weight excluding hydrogens is 297 g/mol. The van der Waals surface area contributed by atoms with Crippen LogP contribution in [0.2, 0.25) is 5.02 Å². The third-order valence-corrected chi connectivity index (χ3v) is 3.73. The van der Waals surface area contributed by atoms with Crippen LogP contribution in [0.1, 0.15) is 21.5 Å². The fraction of sp³-hybridized carbons (Fsp3) is 0.133. The lowest BCUT2D eigenvalue weighted by atomic mass is 9.94. The summed E-state index contributed by atoms with van der Waals surface area (Å²) in [7, 11) is 1.23. The molecule has 6 heteroatoms. The second-order valence-electron chi connectivity index (χ2n) is 4.62. The number of hydrogen-bond acceptors (Lipinski definition) is 3. The van der Waals surface area contributed by atoms with E-state index in [1.54, 1.807) is 6.07 Å². The van der Waals surface area contributed by atoms with Crippen LogP contribution in [-0.2, 0) is 10.6 Å². The highest BCUT2D eigenvalue weighted by molar-refractivity contribution is 6.30. The van der Waals surface area contributed by atoms with Gasteiger partial charge < -0.3 is 5.11 Å². The molecule has 21 heavy (non-hydrogen) atoms. The molecule has 0 bridgehead atoms. The van der Waals surface area contributed by atoms with Crippen molar-refractivity contribution in [2.24, 2.45) is 0 Å². The maximum Gasteiger partial charge on any atom is 0.281 e. The molecule has 0 radical (unpaired) electrons. The van der Waals surface area contributed by atoms with Gasteiger partial charge in [-0.3, -0.25) is 9.63 Å². The Hall–Kier alpha value is -1.95. The minimum absolute atomic E-state index is 0.0822. The number of hydroxylamine groups is 2. The van der Waals surface area contributed by atoms with Gasteiger partial charge in [-0.15, -0.1) is 0 Å². The van der Waals surface area contributed by atoms with Gasteiger partial charge in [-0.25, -0.2) is 4.39 Å². The second kappa shape index (κ2) is 4.80. The SMILES string of the molecule is CON1C(=O)c2ccc(Cl)cc2C1(O)c1ccccc1F. The summed E-state index contributed by atoms with van der Waals surface area (Å²) in [5.41, 5.74) is -1.74. The number of amides is 1. The van der Waals surface area contributed by atoms with Gasteiger partial charge in [-0.05, 0) is 24.3 Å². The molecule has 1 amide bonds. The van der Waals surface area contributed by atoms with Gasteiger partial charge in [-0.2, -0.15) is 5.06 Å². The maximum absolute atomic E-state index is 14.1. The molecule has 4 nitrogen and oxygen atoms in total. The monoisotopic (exact) mass is 307 g/mol. The predicted molar refractivity (Wildman–Crippen MR) is 74.0 cm³/mol. The molecule has 1 aliphatic heterocycles. The van der Waals surface area contributed by atoms with Crippen LogP contribution in [0.3, 0.4) is 0 Å². The molecule has 2 aromatic rings. The van der Waals surface area contributed by atoms with Crippen LogP contribution in [0.15, 0.2) is 42.5 Å². The van der Waals surface area contributed by atoms with Crippen LogP contribution in [0, 0.1) is 5.82 Å². The molecule has 0 aromatic heterocycles. The normalized spacial score (nSPS) is 20.8. The van der Waals surface area contributed by atoms with E-state index >= 15 is 0 Å². The molecule has 3 rings (SSSR count). The number of nitrogens with zero attached hydrogens (tertiary/aromatic N) is 1. The van der Waals surface area contributed by atoms with E-state index in [1.165, 1.54) is 43.5 Å². The zero-order valence-electron chi connectivity index (χ0n) is 11.0. The first kappa shape index (κ1) is 14.0. The van der Waals surface area contributed by atoms with Gasteiger partial charge in [0.2, 0.25) is 5.72 Å². The van der Waals surface area contributed by atoms with Crippen molar-refractivity contribution in [2.45, 2.75) is 5.72 Å². The summed E-state index contributed by atoms with van der Waals surface area (Å²) < 4.78 is 14.1. The fourth-order valence-electron chi connectivity index (χ4n) is 2.57. The van der Waals surface area contributed by atoms with E-state index in [1.807, 2.05) is 0 Å². The summed E-state index contributed by atoms with van der Waals surface area (Å²) in [6.45, 7) is 0. The van der Waals surface area contributed by atoms with E-state index < -0.39 is 17.4 Å². The number of aliphatic hydroxyl groups is 1. The van der Waals surface area contributed by atoms with Crippen LogP contribution in [0.5, 0.6) is 0 Å². The fourth-order valence-corrected chi connectivity index (χ4v) is 2.74. The highest BCUT2D eigenvalue weighted by Gasteiger charge is 2.52. The first-order valence-corrected chi connectivity index (χ1v) is 6.54. The minimum Gasteiger partial charge on any atom is -0.361 e. The van der Waals surface area contributed by atoms with Crippen molar-refractivity contribution in [3.05, 3.63) is 70.0 Å². The lowest BCUT2D eigenvalue weighted by Crippen LogP contribution is -2.44. The largest absolute Gasteiger partial charge is 0.361 e. The maximum atomic E-state index is 14.1. The van der Waals surface area contributed by atoms with E-state index in [2.05, 4.69) is 0 Å². The van der Waals surface area contributed by atoms with E-state index in [4.69, 9.17) is 16.4 Å². The number of carbonyl (C=O) groups excluding carboxylic acids is 1. The summed E-state index contributed by atoms with van der Waals surface area (Å²) in [4.78, 5) is 17.3. The molecule has 1 heterocycles. The Labute approximate surface area is 125 Å². The lowest BCUT2D eigenvalue weighted by Gasteiger charge is -2.32.